The van der Waals surface area contributed by atoms with Crippen molar-refractivity contribution < 1.29 is 9.59 Å². The molecule has 1 aliphatic heterocycles. The second-order valence-electron chi connectivity index (χ2n) is 5.69. The molecule has 2 rings (SSSR count). The Morgan fingerprint density at radius 1 is 1.14 bits per heavy atom. The first kappa shape index (κ1) is 15.4. The topological polar surface area (TPSA) is 65.5 Å². The van der Waals surface area contributed by atoms with E-state index < -0.39 is 0 Å². The lowest BCUT2D eigenvalue weighted by atomic mass is 10.1. The lowest BCUT2D eigenvalue weighted by molar-refractivity contribution is 0.0663. The van der Waals surface area contributed by atoms with E-state index in [1.54, 1.807) is 11.0 Å². The maximum Gasteiger partial charge on any atom is 0.255 e. The average molecular weight is 290 g/mol. The molecule has 0 aliphatic carbocycles. The second-order valence-corrected chi connectivity index (χ2v) is 5.69. The van der Waals surface area contributed by atoms with Crippen LogP contribution in [0.2, 0.25) is 0 Å². The molecule has 0 spiro atoms. The Bertz CT molecular complexity index is 522. The van der Waals surface area contributed by atoms with Gasteiger partial charge in [-0.25, -0.2) is 0 Å². The molecule has 1 aromatic heterocycles. The number of carbonyl (C=O) groups is 2. The Morgan fingerprint density at radius 3 is 2.38 bits per heavy atom. The second kappa shape index (κ2) is 6.67. The molecule has 1 aliphatic rings. The fourth-order valence-electron chi connectivity index (χ4n) is 2.22. The van der Waals surface area contributed by atoms with Crippen LogP contribution in [-0.4, -0.2) is 65.9 Å². The van der Waals surface area contributed by atoms with Gasteiger partial charge < -0.3 is 15.1 Å². The first-order chi connectivity index (χ1) is 9.97. The van der Waals surface area contributed by atoms with Gasteiger partial charge in [0.1, 0.15) is 0 Å². The average Bonchev–Trinajstić information content (AvgIpc) is 2.47. The zero-order valence-electron chi connectivity index (χ0n) is 12.8. The lowest BCUT2D eigenvalue weighted by Crippen LogP contribution is -2.47. The summed E-state index contributed by atoms with van der Waals surface area (Å²) in [7, 11) is 2.04. The summed E-state index contributed by atoms with van der Waals surface area (Å²) in [6, 6.07) is 1.67. The van der Waals surface area contributed by atoms with Gasteiger partial charge in [-0.2, -0.15) is 0 Å². The third-order valence-corrected chi connectivity index (χ3v) is 3.46. The standard InChI is InChI=1S/C15H22N4O2/c1-11(2)17-14(20)12-8-13(10-16-9-12)15(21)19-6-4-18(3)5-7-19/h8-11H,4-7H2,1-3H3,(H,17,20). The molecule has 0 aromatic carbocycles. The first-order valence-corrected chi connectivity index (χ1v) is 7.21. The van der Waals surface area contributed by atoms with E-state index in [-0.39, 0.29) is 17.9 Å². The first-order valence-electron chi connectivity index (χ1n) is 7.21. The van der Waals surface area contributed by atoms with Crippen molar-refractivity contribution in [1.82, 2.24) is 20.1 Å². The van der Waals surface area contributed by atoms with Crippen LogP contribution in [0.5, 0.6) is 0 Å². The van der Waals surface area contributed by atoms with Crippen molar-refractivity contribution in [2.24, 2.45) is 0 Å². The number of hydrogen-bond donors (Lipinski definition) is 1. The molecule has 0 radical (unpaired) electrons. The third-order valence-electron chi connectivity index (χ3n) is 3.46. The van der Waals surface area contributed by atoms with Crippen LogP contribution in [0.3, 0.4) is 0 Å². The van der Waals surface area contributed by atoms with Crippen LogP contribution in [0.1, 0.15) is 34.6 Å². The quantitative estimate of drug-likeness (QED) is 0.885. The molecule has 0 bridgehead atoms. The molecular formula is C15H22N4O2. The van der Waals surface area contributed by atoms with Gasteiger partial charge in [-0.05, 0) is 27.0 Å². The number of pyridine rings is 1. The monoisotopic (exact) mass is 290 g/mol. The number of nitrogens with one attached hydrogen (secondary N) is 1. The van der Waals surface area contributed by atoms with Crippen molar-refractivity contribution >= 4 is 11.8 Å². The van der Waals surface area contributed by atoms with Gasteiger partial charge in [0.2, 0.25) is 0 Å². The van der Waals surface area contributed by atoms with Crippen LogP contribution in [0.4, 0.5) is 0 Å². The zero-order chi connectivity index (χ0) is 15.4. The van der Waals surface area contributed by atoms with Gasteiger partial charge >= 0.3 is 0 Å². The molecule has 6 nitrogen and oxygen atoms in total. The number of amides is 2. The van der Waals surface area contributed by atoms with Crippen molar-refractivity contribution in [2.45, 2.75) is 19.9 Å². The number of carbonyl (C=O) groups excluding carboxylic acids is 2. The Labute approximate surface area is 125 Å². The van der Waals surface area contributed by atoms with Crippen LogP contribution >= 0.6 is 0 Å². The number of rotatable bonds is 3. The summed E-state index contributed by atoms with van der Waals surface area (Å²) >= 11 is 0. The van der Waals surface area contributed by atoms with Crippen LogP contribution in [0, 0.1) is 0 Å². The van der Waals surface area contributed by atoms with E-state index in [1.807, 2.05) is 20.9 Å². The molecule has 0 atom stereocenters. The highest BCUT2D eigenvalue weighted by molar-refractivity contribution is 5.99. The summed E-state index contributed by atoms with van der Waals surface area (Å²) in [5.74, 6) is -0.264. The van der Waals surface area contributed by atoms with E-state index >= 15 is 0 Å². The van der Waals surface area contributed by atoms with Crippen LogP contribution < -0.4 is 5.32 Å². The Hall–Kier alpha value is -1.95. The SMILES string of the molecule is CC(C)NC(=O)c1cncc(C(=O)N2CCN(C)CC2)c1. The smallest absolute Gasteiger partial charge is 0.255 e. The summed E-state index contributed by atoms with van der Waals surface area (Å²) in [4.78, 5) is 32.4. The molecule has 1 aromatic rings. The van der Waals surface area contributed by atoms with Crippen molar-refractivity contribution in [3.05, 3.63) is 29.6 Å². The number of hydrogen-bond acceptors (Lipinski definition) is 4. The summed E-state index contributed by atoms with van der Waals surface area (Å²) in [5, 5.41) is 2.80. The van der Waals surface area contributed by atoms with Gasteiger partial charge in [0.05, 0.1) is 11.1 Å². The summed E-state index contributed by atoms with van der Waals surface area (Å²) in [5.41, 5.74) is 0.889. The van der Waals surface area contributed by atoms with Crippen LogP contribution in [0.25, 0.3) is 0 Å². The maximum atomic E-state index is 12.4. The van der Waals surface area contributed by atoms with Crippen molar-refractivity contribution in [2.75, 3.05) is 33.2 Å². The van der Waals surface area contributed by atoms with Gasteiger partial charge in [-0.3, -0.25) is 14.6 Å². The molecule has 0 unspecified atom stereocenters. The highest BCUT2D eigenvalue weighted by Gasteiger charge is 2.21. The minimum absolute atomic E-state index is 0.0505. The fourth-order valence-corrected chi connectivity index (χ4v) is 2.22. The van der Waals surface area contributed by atoms with Crippen LogP contribution in [-0.2, 0) is 0 Å². The summed E-state index contributed by atoms with van der Waals surface area (Å²) < 4.78 is 0. The third kappa shape index (κ3) is 4.01. The Balaban J connectivity index is 2.09. The molecule has 6 heteroatoms. The van der Waals surface area contributed by atoms with Gasteiger partial charge in [-0.1, -0.05) is 0 Å². The molecule has 1 fully saturated rings. The normalized spacial score (nSPS) is 16.1. The van der Waals surface area contributed by atoms with Crippen molar-refractivity contribution in [3.8, 4) is 0 Å². The van der Waals surface area contributed by atoms with Crippen molar-refractivity contribution in [3.63, 3.8) is 0 Å². The zero-order valence-corrected chi connectivity index (χ0v) is 12.8. The predicted octanol–water partition coefficient (Wildman–Crippen LogP) is 0.607. The Kier molecular flexibility index (Phi) is 4.90. The van der Waals surface area contributed by atoms with E-state index in [0.29, 0.717) is 24.2 Å². The largest absolute Gasteiger partial charge is 0.350 e. The molecule has 0 saturated carbocycles. The minimum Gasteiger partial charge on any atom is -0.350 e. The summed E-state index contributed by atoms with van der Waals surface area (Å²) in [6.07, 6.45) is 3.01. The summed E-state index contributed by atoms with van der Waals surface area (Å²) in [6.45, 7) is 6.93. The molecule has 114 valence electrons. The van der Waals surface area contributed by atoms with E-state index in [2.05, 4.69) is 15.2 Å². The van der Waals surface area contributed by atoms with Gasteiger partial charge in [0, 0.05) is 44.6 Å². The van der Waals surface area contributed by atoms with E-state index in [9.17, 15) is 9.59 Å². The van der Waals surface area contributed by atoms with Gasteiger partial charge in [0.15, 0.2) is 0 Å². The molecule has 2 amide bonds. The predicted molar refractivity (Wildman–Crippen MR) is 80.2 cm³/mol. The highest BCUT2D eigenvalue weighted by atomic mass is 16.2. The van der Waals surface area contributed by atoms with Gasteiger partial charge in [0.25, 0.3) is 11.8 Å². The molecular weight excluding hydrogens is 268 g/mol. The molecule has 1 saturated heterocycles. The maximum absolute atomic E-state index is 12.4. The van der Waals surface area contributed by atoms with E-state index in [1.165, 1.54) is 12.4 Å². The lowest BCUT2D eigenvalue weighted by Gasteiger charge is -2.32. The number of piperazine rings is 1. The number of nitrogens with zero attached hydrogens (tertiary/aromatic N) is 3. The molecule has 2 heterocycles. The number of aromatic nitrogens is 1. The Morgan fingerprint density at radius 2 is 1.76 bits per heavy atom. The fraction of sp³-hybridized carbons (Fsp3) is 0.533. The van der Waals surface area contributed by atoms with E-state index in [4.69, 9.17) is 0 Å². The minimum atomic E-state index is -0.203. The van der Waals surface area contributed by atoms with E-state index in [0.717, 1.165) is 13.1 Å². The van der Waals surface area contributed by atoms with Crippen LogP contribution in [0.15, 0.2) is 18.5 Å². The molecule has 21 heavy (non-hydrogen) atoms. The highest BCUT2D eigenvalue weighted by Crippen LogP contribution is 2.09. The van der Waals surface area contributed by atoms with Crippen molar-refractivity contribution in [1.29, 1.82) is 0 Å². The van der Waals surface area contributed by atoms with Gasteiger partial charge in [-0.15, -0.1) is 0 Å². The molecule has 1 N–H and O–H groups in total. The number of likely N-dealkylation sites (N-methyl/N-ethyl adjacent to an activating group) is 1.